The Hall–Kier alpha value is -2.06. The standard InChI is InChI=1S/C16H22N6OS/c1-11-3-4-14(17-7-11)18-8-16(23)20-22-10-15(22)19-12-5-6-21(2)9-13(12)24/h3-4,7,24H,5-6,8-10H2,1-2H3,(H,17,18)(H,20,23). The van der Waals surface area contributed by atoms with Gasteiger partial charge in [-0.25, -0.2) is 9.98 Å². The maximum absolute atomic E-state index is 11.9. The van der Waals surface area contributed by atoms with Gasteiger partial charge in [0.2, 0.25) is 0 Å². The van der Waals surface area contributed by atoms with Crippen LogP contribution in [-0.4, -0.2) is 59.9 Å². The Bertz CT molecular complexity index is 684. The number of aromatic nitrogens is 1. The van der Waals surface area contributed by atoms with Crippen LogP contribution >= 0.6 is 12.6 Å². The summed E-state index contributed by atoms with van der Waals surface area (Å²) in [6.07, 6.45) is 2.65. The number of amides is 1. The molecule has 3 rings (SSSR count). The largest absolute Gasteiger partial charge is 0.361 e. The second-order valence-electron chi connectivity index (χ2n) is 6.10. The summed E-state index contributed by atoms with van der Waals surface area (Å²) in [5.74, 6) is 1.44. The van der Waals surface area contributed by atoms with Gasteiger partial charge in [-0.1, -0.05) is 6.07 Å². The van der Waals surface area contributed by atoms with Crippen LogP contribution in [0.1, 0.15) is 12.0 Å². The molecule has 1 aromatic heterocycles. The molecule has 1 aromatic rings. The molecule has 8 heteroatoms. The van der Waals surface area contributed by atoms with Crippen molar-refractivity contribution >= 4 is 30.2 Å². The number of pyridine rings is 1. The molecule has 1 amide bonds. The van der Waals surface area contributed by atoms with Gasteiger partial charge in [0.1, 0.15) is 18.2 Å². The molecule has 0 atom stereocenters. The molecule has 24 heavy (non-hydrogen) atoms. The summed E-state index contributed by atoms with van der Waals surface area (Å²) in [5, 5.41) is 4.75. The zero-order valence-corrected chi connectivity index (χ0v) is 14.8. The van der Waals surface area contributed by atoms with Crippen LogP contribution in [0.25, 0.3) is 0 Å². The third kappa shape index (κ3) is 4.48. The van der Waals surface area contributed by atoms with E-state index in [2.05, 4.69) is 45.3 Å². The number of rotatable bonds is 5. The number of hydrogen-bond acceptors (Lipinski definition) is 6. The monoisotopic (exact) mass is 346 g/mol. The highest BCUT2D eigenvalue weighted by molar-refractivity contribution is 7.84. The fourth-order valence-electron chi connectivity index (χ4n) is 2.38. The van der Waals surface area contributed by atoms with Gasteiger partial charge in [0.05, 0.1) is 12.2 Å². The molecule has 0 saturated carbocycles. The smallest absolute Gasteiger partial charge is 0.257 e. The Morgan fingerprint density at radius 1 is 1.42 bits per heavy atom. The second-order valence-corrected chi connectivity index (χ2v) is 6.64. The Morgan fingerprint density at radius 3 is 2.96 bits per heavy atom. The summed E-state index contributed by atoms with van der Waals surface area (Å²) >= 11 is 4.51. The van der Waals surface area contributed by atoms with Crippen molar-refractivity contribution in [3.63, 3.8) is 0 Å². The summed E-state index contributed by atoms with van der Waals surface area (Å²) in [5.41, 5.74) is 4.92. The van der Waals surface area contributed by atoms with E-state index in [9.17, 15) is 4.79 Å². The third-order valence-corrected chi connectivity index (χ3v) is 4.26. The summed E-state index contributed by atoms with van der Waals surface area (Å²) in [7, 11) is 2.07. The van der Waals surface area contributed by atoms with Gasteiger partial charge in [0, 0.05) is 30.6 Å². The van der Waals surface area contributed by atoms with Crippen LogP contribution in [-0.2, 0) is 4.79 Å². The first-order valence-electron chi connectivity index (χ1n) is 7.92. The number of aryl methyl sites for hydroxylation is 1. The maximum Gasteiger partial charge on any atom is 0.257 e. The van der Waals surface area contributed by atoms with Crippen molar-refractivity contribution in [2.45, 2.75) is 13.3 Å². The van der Waals surface area contributed by atoms with Gasteiger partial charge < -0.3 is 10.2 Å². The molecule has 1 fully saturated rings. The van der Waals surface area contributed by atoms with Crippen LogP contribution < -0.4 is 10.7 Å². The van der Waals surface area contributed by atoms with E-state index >= 15 is 0 Å². The minimum absolute atomic E-state index is 0.119. The average Bonchev–Trinajstić information content (AvgIpc) is 3.27. The molecule has 0 bridgehead atoms. The lowest BCUT2D eigenvalue weighted by Crippen LogP contribution is -2.34. The van der Waals surface area contributed by atoms with Gasteiger partial charge in [0.15, 0.2) is 0 Å². The van der Waals surface area contributed by atoms with Gasteiger partial charge >= 0.3 is 0 Å². The predicted octanol–water partition coefficient (Wildman–Crippen LogP) is 1.02. The SMILES string of the molecule is Cc1ccc(NCC(=O)NN2CC2=NC2=C(S)CN(C)CC2)nc1. The van der Waals surface area contributed by atoms with Crippen LogP contribution in [0.15, 0.2) is 33.9 Å². The van der Waals surface area contributed by atoms with Gasteiger partial charge in [-0.05, 0) is 25.6 Å². The van der Waals surface area contributed by atoms with E-state index in [-0.39, 0.29) is 12.5 Å². The van der Waals surface area contributed by atoms with Crippen molar-refractivity contribution in [3.05, 3.63) is 34.5 Å². The highest BCUT2D eigenvalue weighted by atomic mass is 32.1. The Kier molecular flexibility index (Phi) is 5.06. The van der Waals surface area contributed by atoms with Crippen LogP contribution in [0, 0.1) is 6.92 Å². The summed E-state index contributed by atoms with van der Waals surface area (Å²) < 4.78 is 0. The van der Waals surface area contributed by atoms with Crippen molar-refractivity contribution in [3.8, 4) is 0 Å². The second kappa shape index (κ2) is 7.23. The van der Waals surface area contributed by atoms with E-state index in [1.807, 2.05) is 19.1 Å². The number of hydrogen-bond donors (Lipinski definition) is 3. The Morgan fingerprint density at radius 2 is 2.25 bits per heavy atom. The number of amidine groups is 1. The Labute approximate surface area is 147 Å². The predicted molar refractivity (Wildman–Crippen MR) is 97.9 cm³/mol. The molecule has 0 aromatic carbocycles. The van der Waals surface area contributed by atoms with Gasteiger partial charge in [-0.15, -0.1) is 12.6 Å². The fourth-order valence-corrected chi connectivity index (χ4v) is 2.79. The van der Waals surface area contributed by atoms with Gasteiger partial charge in [0.25, 0.3) is 5.91 Å². The number of likely N-dealkylation sites (N-methyl/N-ethyl adjacent to an activating group) is 1. The lowest BCUT2D eigenvalue weighted by molar-refractivity contribution is -0.121. The molecule has 1 saturated heterocycles. The number of nitrogens with zero attached hydrogens (tertiary/aromatic N) is 4. The quantitative estimate of drug-likeness (QED) is 0.549. The van der Waals surface area contributed by atoms with E-state index in [0.29, 0.717) is 12.4 Å². The van der Waals surface area contributed by atoms with Crippen LogP contribution in [0.2, 0.25) is 0 Å². The van der Waals surface area contributed by atoms with Crippen molar-refractivity contribution < 1.29 is 4.79 Å². The lowest BCUT2D eigenvalue weighted by atomic mass is 10.2. The average molecular weight is 346 g/mol. The number of nitrogens with one attached hydrogen (secondary N) is 2. The molecule has 128 valence electrons. The highest BCUT2D eigenvalue weighted by Gasteiger charge is 2.30. The number of anilines is 1. The molecule has 0 radical (unpaired) electrons. The first-order chi connectivity index (χ1) is 11.5. The van der Waals surface area contributed by atoms with Crippen molar-refractivity contribution in [1.82, 2.24) is 20.3 Å². The van der Waals surface area contributed by atoms with Crippen LogP contribution in [0.4, 0.5) is 5.82 Å². The first kappa shape index (κ1) is 16.8. The molecule has 2 N–H and O–H groups in total. The maximum atomic E-state index is 11.9. The molecule has 0 aliphatic carbocycles. The van der Waals surface area contributed by atoms with Crippen molar-refractivity contribution in [2.75, 3.05) is 38.5 Å². The molecule has 0 spiro atoms. The number of aliphatic imine (C=N–C) groups is 1. The van der Waals surface area contributed by atoms with Crippen molar-refractivity contribution in [2.24, 2.45) is 4.99 Å². The third-order valence-electron chi connectivity index (χ3n) is 3.86. The molecule has 2 aliphatic heterocycles. The number of carbonyl (C=O) groups excluding carboxylic acids is 1. The number of thiol groups is 1. The van der Waals surface area contributed by atoms with Crippen LogP contribution in [0.5, 0.6) is 0 Å². The van der Waals surface area contributed by atoms with E-state index in [1.54, 1.807) is 11.2 Å². The zero-order chi connectivity index (χ0) is 17.1. The summed E-state index contributed by atoms with van der Waals surface area (Å²) in [6.45, 7) is 4.62. The number of hydrazine groups is 1. The van der Waals surface area contributed by atoms with E-state index < -0.39 is 0 Å². The van der Waals surface area contributed by atoms with E-state index in [1.165, 1.54) is 0 Å². The highest BCUT2D eigenvalue weighted by Crippen LogP contribution is 2.22. The minimum Gasteiger partial charge on any atom is -0.361 e. The van der Waals surface area contributed by atoms with Gasteiger partial charge in [-0.3, -0.25) is 15.2 Å². The van der Waals surface area contributed by atoms with Crippen LogP contribution in [0.3, 0.4) is 0 Å². The minimum atomic E-state index is -0.119. The molecule has 0 unspecified atom stereocenters. The topological polar surface area (TPSA) is 72.6 Å². The fraction of sp³-hybridized carbons (Fsp3) is 0.438. The molecular formula is C16H22N6OS. The number of carbonyl (C=O) groups is 1. The van der Waals surface area contributed by atoms with Crippen molar-refractivity contribution in [1.29, 1.82) is 0 Å². The zero-order valence-electron chi connectivity index (χ0n) is 13.9. The molecule has 7 nitrogen and oxygen atoms in total. The lowest BCUT2D eigenvalue weighted by Gasteiger charge is -2.23. The normalized spacial score (nSPS) is 19.6. The molecule has 3 heterocycles. The summed E-state index contributed by atoms with van der Waals surface area (Å²) in [6, 6.07) is 3.81. The molecular weight excluding hydrogens is 324 g/mol. The van der Waals surface area contributed by atoms with E-state index in [4.69, 9.17) is 0 Å². The molecule has 2 aliphatic rings. The first-order valence-corrected chi connectivity index (χ1v) is 8.36. The van der Waals surface area contributed by atoms with Gasteiger partial charge in [-0.2, -0.15) is 0 Å². The summed E-state index contributed by atoms with van der Waals surface area (Å²) in [4.78, 5) is 24.0. The van der Waals surface area contributed by atoms with E-state index in [0.717, 1.165) is 41.5 Å². The Balaban J connectivity index is 1.46.